The number of hydrogen-bond donors (Lipinski definition) is 1. The molecule has 6 heteroatoms. The van der Waals surface area contributed by atoms with E-state index in [0.717, 1.165) is 19.6 Å². The molecule has 2 heterocycles. The van der Waals surface area contributed by atoms with Gasteiger partial charge in [-0.1, -0.05) is 12.1 Å². The molecule has 2 fully saturated rings. The molecule has 6 nitrogen and oxygen atoms in total. The minimum Gasteiger partial charge on any atom is -0.493 e. The van der Waals surface area contributed by atoms with Crippen LogP contribution in [0.5, 0.6) is 5.75 Å². The van der Waals surface area contributed by atoms with Crippen LogP contribution in [-0.4, -0.2) is 79.0 Å². The fraction of sp³-hybridized carbons (Fsp3) is 0.667. The Morgan fingerprint density at radius 3 is 2.48 bits per heavy atom. The molecular formula is C21H32N2O4. The Hall–Kier alpha value is -1.63. The van der Waals surface area contributed by atoms with Crippen LogP contribution in [0.1, 0.15) is 31.1 Å². The molecule has 0 spiro atoms. The maximum atomic E-state index is 13.1. The van der Waals surface area contributed by atoms with Gasteiger partial charge in [-0.15, -0.1) is 0 Å². The lowest BCUT2D eigenvalue weighted by Crippen LogP contribution is -2.48. The number of likely N-dealkylation sites (tertiary alicyclic amines) is 1. The number of aliphatic hydroxyl groups excluding tert-OH is 1. The lowest BCUT2D eigenvalue weighted by Gasteiger charge is -2.37. The highest BCUT2D eigenvalue weighted by Crippen LogP contribution is 2.29. The van der Waals surface area contributed by atoms with Gasteiger partial charge in [-0.25, -0.2) is 0 Å². The fourth-order valence-corrected chi connectivity index (χ4v) is 4.38. The first-order valence-corrected chi connectivity index (χ1v) is 10.0. The van der Waals surface area contributed by atoms with Crippen LogP contribution < -0.4 is 4.74 Å². The number of benzene rings is 1. The molecule has 0 aliphatic carbocycles. The first kappa shape index (κ1) is 20.1. The number of carbonyl (C=O) groups excluding carboxylic acids is 1. The maximum Gasteiger partial charge on any atom is 0.257 e. The van der Waals surface area contributed by atoms with E-state index in [9.17, 15) is 9.90 Å². The van der Waals surface area contributed by atoms with E-state index in [-0.39, 0.29) is 36.6 Å². The summed E-state index contributed by atoms with van der Waals surface area (Å²) in [6.45, 7) is 10.7. The number of carbonyl (C=O) groups is 1. The van der Waals surface area contributed by atoms with Crippen molar-refractivity contribution in [3.63, 3.8) is 0 Å². The molecular weight excluding hydrogens is 344 g/mol. The van der Waals surface area contributed by atoms with Gasteiger partial charge in [0.15, 0.2) is 0 Å². The van der Waals surface area contributed by atoms with Crippen molar-refractivity contribution in [3.05, 3.63) is 29.8 Å². The van der Waals surface area contributed by atoms with E-state index >= 15 is 0 Å². The molecule has 0 aromatic heterocycles. The van der Waals surface area contributed by atoms with Crippen LogP contribution >= 0.6 is 0 Å². The summed E-state index contributed by atoms with van der Waals surface area (Å²) in [5.41, 5.74) is 0.602. The van der Waals surface area contributed by atoms with Gasteiger partial charge in [0, 0.05) is 45.2 Å². The summed E-state index contributed by atoms with van der Waals surface area (Å²) >= 11 is 0. The van der Waals surface area contributed by atoms with E-state index in [0.29, 0.717) is 31.0 Å². The molecule has 2 aliphatic rings. The summed E-state index contributed by atoms with van der Waals surface area (Å²) in [7, 11) is 0. The molecule has 0 saturated carbocycles. The van der Waals surface area contributed by atoms with Crippen LogP contribution in [0.2, 0.25) is 0 Å². The predicted molar refractivity (Wildman–Crippen MR) is 104 cm³/mol. The summed E-state index contributed by atoms with van der Waals surface area (Å²) in [6.07, 6.45) is 0.442. The molecule has 2 saturated heterocycles. The Balaban J connectivity index is 1.67. The lowest BCUT2D eigenvalue weighted by molar-refractivity contribution is -0.0726. The third-order valence-electron chi connectivity index (χ3n) is 5.50. The largest absolute Gasteiger partial charge is 0.493 e. The predicted octanol–water partition coefficient (Wildman–Crippen LogP) is 1.88. The average molecular weight is 376 g/mol. The molecule has 27 heavy (non-hydrogen) atoms. The highest BCUT2D eigenvalue weighted by atomic mass is 16.5. The minimum absolute atomic E-state index is 0.0105. The third kappa shape index (κ3) is 4.81. The fourth-order valence-electron chi connectivity index (χ4n) is 4.38. The highest BCUT2D eigenvalue weighted by molar-refractivity contribution is 5.97. The molecule has 0 unspecified atom stereocenters. The topological polar surface area (TPSA) is 62.2 Å². The van der Waals surface area contributed by atoms with Gasteiger partial charge in [0.2, 0.25) is 0 Å². The van der Waals surface area contributed by atoms with E-state index in [2.05, 4.69) is 18.7 Å². The smallest absolute Gasteiger partial charge is 0.257 e. The van der Waals surface area contributed by atoms with Crippen LogP contribution in [0.15, 0.2) is 24.3 Å². The Bertz CT molecular complexity index is 628. The number of amides is 1. The number of hydrogen-bond acceptors (Lipinski definition) is 5. The van der Waals surface area contributed by atoms with E-state index in [1.54, 1.807) is 0 Å². The van der Waals surface area contributed by atoms with Crippen molar-refractivity contribution < 1.29 is 19.4 Å². The third-order valence-corrected chi connectivity index (χ3v) is 5.50. The van der Waals surface area contributed by atoms with Gasteiger partial charge in [0.05, 0.1) is 24.4 Å². The SMILES string of the molecule is CCOc1ccccc1C(=O)N1C[C@@H](CN2C[C@@H](C)O[C@@H](C)C2)[C@@H](CO)C1. The molecule has 0 bridgehead atoms. The molecule has 150 valence electrons. The van der Waals surface area contributed by atoms with Crippen LogP contribution in [0.25, 0.3) is 0 Å². The molecule has 2 aliphatic heterocycles. The summed E-state index contributed by atoms with van der Waals surface area (Å²) in [5.74, 6) is 1.01. The molecule has 0 radical (unpaired) electrons. The van der Waals surface area contributed by atoms with Crippen molar-refractivity contribution >= 4 is 5.91 Å². The van der Waals surface area contributed by atoms with Crippen LogP contribution in [0, 0.1) is 11.8 Å². The maximum absolute atomic E-state index is 13.1. The van der Waals surface area contributed by atoms with Crippen molar-refractivity contribution in [2.24, 2.45) is 11.8 Å². The Morgan fingerprint density at radius 2 is 1.81 bits per heavy atom. The number of nitrogens with zero attached hydrogens (tertiary/aromatic N) is 2. The molecule has 1 aromatic carbocycles. The second-order valence-corrected chi connectivity index (χ2v) is 7.82. The zero-order valence-corrected chi connectivity index (χ0v) is 16.6. The van der Waals surface area contributed by atoms with Gasteiger partial charge in [-0.2, -0.15) is 0 Å². The Morgan fingerprint density at radius 1 is 1.15 bits per heavy atom. The van der Waals surface area contributed by atoms with Crippen molar-refractivity contribution in [2.75, 3.05) is 45.9 Å². The molecule has 3 rings (SSSR count). The van der Waals surface area contributed by atoms with E-state index in [4.69, 9.17) is 9.47 Å². The quantitative estimate of drug-likeness (QED) is 0.821. The number of rotatable bonds is 6. The molecule has 4 atom stereocenters. The van der Waals surface area contributed by atoms with E-state index < -0.39 is 0 Å². The Kier molecular flexibility index (Phi) is 6.73. The molecule has 1 aromatic rings. The molecule has 1 amide bonds. The van der Waals surface area contributed by atoms with Gasteiger partial charge in [-0.3, -0.25) is 9.69 Å². The van der Waals surface area contributed by atoms with Crippen molar-refractivity contribution in [1.82, 2.24) is 9.80 Å². The van der Waals surface area contributed by atoms with Crippen LogP contribution in [0.4, 0.5) is 0 Å². The Labute approximate surface area is 162 Å². The van der Waals surface area contributed by atoms with Crippen molar-refractivity contribution in [3.8, 4) is 5.75 Å². The zero-order chi connectivity index (χ0) is 19.4. The van der Waals surface area contributed by atoms with E-state index in [1.165, 1.54) is 0 Å². The second kappa shape index (κ2) is 9.04. The van der Waals surface area contributed by atoms with Gasteiger partial charge in [0.1, 0.15) is 5.75 Å². The normalized spacial score (nSPS) is 29.1. The summed E-state index contributed by atoms with van der Waals surface area (Å²) in [4.78, 5) is 17.4. The number of ether oxygens (including phenoxy) is 2. The number of aliphatic hydroxyl groups is 1. The van der Waals surface area contributed by atoms with Crippen molar-refractivity contribution in [2.45, 2.75) is 33.0 Å². The monoisotopic (exact) mass is 376 g/mol. The average Bonchev–Trinajstić information content (AvgIpc) is 3.04. The summed E-state index contributed by atoms with van der Waals surface area (Å²) < 4.78 is 11.4. The second-order valence-electron chi connectivity index (χ2n) is 7.82. The van der Waals surface area contributed by atoms with Gasteiger partial charge in [0.25, 0.3) is 5.91 Å². The van der Waals surface area contributed by atoms with E-state index in [1.807, 2.05) is 36.1 Å². The van der Waals surface area contributed by atoms with Gasteiger partial charge >= 0.3 is 0 Å². The molecule has 1 N–H and O–H groups in total. The number of morpholine rings is 1. The number of para-hydroxylation sites is 1. The van der Waals surface area contributed by atoms with Gasteiger partial charge in [-0.05, 0) is 38.8 Å². The first-order chi connectivity index (χ1) is 13.0. The zero-order valence-electron chi connectivity index (χ0n) is 16.6. The van der Waals surface area contributed by atoms with Crippen LogP contribution in [-0.2, 0) is 4.74 Å². The van der Waals surface area contributed by atoms with Crippen molar-refractivity contribution in [1.29, 1.82) is 0 Å². The summed E-state index contributed by atoms with van der Waals surface area (Å²) in [6, 6.07) is 7.40. The summed E-state index contributed by atoms with van der Waals surface area (Å²) in [5, 5.41) is 9.87. The first-order valence-electron chi connectivity index (χ1n) is 10.0. The minimum atomic E-state index is -0.0105. The standard InChI is InChI=1S/C21H32N2O4/c1-4-26-20-8-6-5-7-19(20)21(25)23-12-17(18(13-23)14-24)11-22-9-15(2)27-16(3)10-22/h5-8,15-18,24H,4,9-14H2,1-3H3/t15-,16+,17-,18-/m1/s1. The van der Waals surface area contributed by atoms with Gasteiger partial charge < -0.3 is 19.5 Å². The lowest BCUT2D eigenvalue weighted by atomic mass is 9.96. The van der Waals surface area contributed by atoms with Crippen LogP contribution in [0.3, 0.4) is 0 Å². The highest BCUT2D eigenvalue weighted by Gasteiger charge is 2.37.